The monoisotopic (exact) mass is 300 g/mol. The van der Waals surface area contributed by atoms with E-state index < -0.39 is 10.0 Å². The summed E-state index contributed by atoms with van der Waals surface area (Å²) >= 11 is 0. The van der Waals surface area contributed by atoms with Crippen molar-refractivity contribution in [3.63, 3.8) is 0 Å². The van der Waals surface area contributed by atoms with Gasteiger partial charge in [0.1, 0.15) is 5.75 Å². The van der Waals surface area contributed by atoms with Crippen molar-refractivity contribution in [3.8, 4) is 5.75 Å². The summed E-state index contributed by atoms with van der Waals surface area (Å²) in [4.78, 5) is 0.223. The molecule has 0 aromatic heterocycles. The predicted octanol–water partition coefficient (Wildman–Crippen LogP) is 1.65. The summed E-state index contributed by atoms with van der Waals surface area (Å²) in [6, 6.07) is 5.67. The molecule has 0 amide bonds. The topological polar surface area (TPSA) is 69.6 Å². The predicted molar refractivity (Wildman–Crippen MR) is 80.2 cm³/mol. The number of hydrogen-bond donors (Lipinski definition) is 2. The lowest BCUT2D eigenvalue weighted by molar-refractivity contribution is 0.361. The normalized spacial score (nSPS) is 12.2. The molecular formula is C14H24N2O3S. The largest absolute Gasteiger partial charge is 0.508 e. The Morgan fingerprint density at radius 3 is 2.35 bits per heavy atom. The molecule has 6 heteroatoms. The molecule has 0 unspecified atom stereocenters. The molecule has 1 aromatic carbocycles. The number of sulfonamides is 1. The molecule has 0 saturated heterocycles. The van der Waals surface area contributed by atoms with Crippen molar-refractivity contribution in [1.29, 1.82) is 0 Å². The minimum Gasteiger partial charge on any atom is -0.508 e. The average molecular weight is 300 g/mol. The van der Waals surface area contributed by atoms with E-state index in [0.29, 0.717) is 13.1 Å². The molecule has 0 aliphatic rings. The van der Waals surface area contributed by atoms with Gasteiger partial charge in [0, 0.05) is 13.1 Å². The Morgan fingerprint density at radius 1 is 1.25 bits per heavy atom. The van der Waals surface area contributed by atoms with Gasteiger partial charge < -0.3 is 10.4 Å². The van der Waals surface area contributed by atoms with Gasteiger partial charge in [0.2, 0.25) is 10.0 Å². The van der Waals surface area contributed by atoms with Gasteiger partial charge in [-0.3, -0.25) is 0 Å². The highest BCUT2D eigenvalue weighted by Crippen LogP contribution is 2.20. The molecule has 0 radical (unpaired) electrons. The van der Waals surface area contributed by atoms with E-state index in [1.807, 2.05) is 20.9 Å². The van der Waals surface area contributed by atoms with Crippen molar-refractivity contribution in [1.82, 2.24) is 9.62 Å². The van der Waals surface area contributed by atoms with Crippen molar-refractivity contribution in [2.24, 2.45) is 5.92 Å². The van der Waals surface area contributed by atoms with Crippen LogP contribution >= 0.6 is 0 Å². The van der Waals surface area contributed by atoms with Gasteiger partial charge in [-0.2, -0.15) is 4.31 Å². The van der Waals surface area contributed by atoms with E-state index in [1.54, 1.807) is 0 Å². The number of nitrogens with zero attached hydrogens (tertiary/aromatic N) is 1. The Labute approximate surface area is 121 Å². The molecule has 0 saturated carbocycles. The second kappa shape index (κ2) is 7.61. The number of hydrogen-bond acceptors (Lipinski definition) is 4. The zero-order valence-corrected chi connectivity index (χ0v) is 13.2. The highest BCUT2D eigenvalue weighted by Gasteiger charge is 2.24. The molecule has 0 aliphatic heterocycles. The number of benzene rings is 1. The molecule has 114 valence electrons. The van der Waals surface area contributed by atoms with Crippen LogP contribution in [0.5, 0.6) is 5.75 Å². The van der Waals surface area contributed by atoms with Crippen molar-refractivity contribution < 1.29 is 13.5 Å². The van der Waals surface area contributed by atoms with Crippen LogP contribution in [0.1, 0.15) is 20.3 Å². The minimum absolute atomic E-state index is 0.0644. The van der Waals surface area contributed by atoms with Gasteiger partial charge in [-0.05, 0) is 50.2 Å². The molecule has 2 N–H and O–H groups in total. The molecule has 0 fully saturated rings. The summed E-state index contributed by atoms with van der Waals surface area (Å²) < 4.78 is 26.7. The fourth-order valence-electron chi connectivity index (χ4n) is 1.92. The molecule has 0 spiro atoms. The van der Waals surface area contributed by atoms with Crippen LogP contribution in [-0.4, -0.2) is 44.5 Å². The maximum Gasteiger partial charge on any atom is 0.243 e. The van der Waals surface area contributed by atoms with Gasteiger partial charge in [0.15, 0.2) is 0 Å². The smallest absolute Gasteiger partial charge is 0.243 e. The first-order valence-electron chi connectivity index (χ1n) is 6.81. The van der Waals surface area contributed by atoms with E-state index in [9.17, 15) is 13.5 Å². The summed E-state index contributed by atoms with van der Waals surface area (Å²) in [6.07, 6.45) is 0.764. The third kappa shape index (κ3) is 4.77. The Bertz CT molecular complexity index is 498. The Morgan fingerprint density at radius 2 is 1.85 bits per heavy atom. The zero-order chi connectivity index (χ0) is 15.2. The highest BCUT2D eigenvalue weighted by atomic mass is 32.2. The third-order valence-electron chi connectivity index (χ3n) is 2.88. The first-order chi connectivity index (χ1) is 9.37. The molecule has 20 heavy (non-hydrogen) atoms. The first-order valence-corrected chi connectivity index (χ1v) is 8.25. The van der Waals surface area contributed by atoms with Crippen molar-refractivity contribution in [3.05, 3.63) is 24.3 Å². The average Bonchev–Trinajstić information content (AvgIpc) is 2.38. The molecule has 1 aromatic rings. The number of phenols is 1. The number of aromatic hydroxyl groups is 1. The van der Waals surface area contributed by atoms with Gasteiger partial charge in [-0.25, -0.2) is 8.42 Å². The summed E-state index contributed by atoms with van der Waals surface area (Å²) in [5.74, 6) is 0.325. The summed E-state index contributed by atoms with van der Waals surface area (Å²) in [6.45, 7) is 5.75. The van der Waals surface area contributed by atoms with Crippen LogP contribution in [0.15, 0.2) is 29.2 Å². The van der Waals surface area contributed by atoms with Crippen LogP contribution in [0.25, 0.3) is 0 Å². The van der Waals surface area contributed by atoms with Crippen LogP contribution in [-0.2, 0) is 10.0 Å². The second-order valence-corrected chi connectivity index (χ2v) is 7.15. The van der Waals surface area contributed by atoms with Crippen LogP contribution < -0.4 is 5.32 Å². The third-order valence-corrected chi connectivity index (χ3v) is 4.76. The molecule has 0 aliphatic carbocycles. The highest BCUT2D eigenvalue weighted by molar-refractivity contribution is 7.89. The Kier molecular flexibility index (Phi) is 6.45. The Hall–Kier alpha value is -1.11. The van der Waals surface area contributed by atoms with E-state index in [-0.39, 0.29) is 16.6 Å². The molecule has 0 bridgehead atoms. The summed E-state index contributed by atoms with van der Waals surface area (Å²) in [7, 11) is -1.65. The van der Waals surface area contributed by atoms with Gasteiger partial charge in [0.25, 0.3) is 0 Å². The van der Waals surface area contributed by atoms with Crippen molar-refractivity contribution in [2.45, 2.75) is 25.2 Å². The molecule has 0 atom stereocenters. The van der Waals surface area contributed by atoms with Crippen LogP contribution in [0.2, 0.25) is 0 Å². The zero-order valence-electron chi connectivity index (χ0n) is 12.3. The van der Waals surface area contributed by atoms with Crippen molar-refractivity contribution in [2.75, 3.05) is 26.7 Å². The number of rotatable bonds is 8. The maximum atomic E-state index is 12.6. The minimum atomic E-state index is -3.50. The fraction of sp³-hybridized carbons (Fsp3) is 0.571. The van der Waals surface area contributed by atoms with Gasteiger partial charge in [0.05, 0.1) is 4.90 Å². The maximum absolute atomic E-state index is 12.6. The SMILES string of the molecule is CNCCCN(CC(C)C)S(=O)(=O)c1ccc(O)cc1. The van der Waals surface area contributed by atoms with E-state index in [2.05, 4.69) is 5.32 Å². The van der Waals surface area contributed by atoms with E-state index in [1.165, 1.54) is 28.6 Å². The van der Waals surface area contributed by atoms with E-state index in [0.717, 1.165) is 13.0 Å². The van der Waals surface area contributed by atoms with E-state index >= 15 is 0 Å². The quantitative estimate of drug-likeness (QED) is 0.716. The number of nitrogens with one attached hydrogen (secondary N) is 1. The Balaban J connectivity index is 2.94. The van der Waals surface area contributed by atoms with Crippen LogP contribution in [0, 0.1) is 5.92 Å². The number of phenolic OH excluding ortho intramolecular Hbond substituents is 1. The molecule has 5 nitrogen and oxygen atoms in total. The lowest BCUT2D eigenvalue weighted by Crippen LogP contribution is -2.36. The summed E-state index contributed by atoms with van der Waals surface area (Å²) in [5.41, 5.74) is 0. The van der Waals surface area contributed by atoms with Gasteiger partial charge >= 0.3 is 0 Å². The fourth-order valence-corrected chi connectivity index (χ4v) is 3.56. The molecule has 1 rings (SSSR count). The van der Waals surface area contributed by atoms with Crippen LogP contribution in [0.4, 0.5) is 0 Å². The lowest BCUT2D eigenvalue weighted by Gasteiger charge is -2.24. The standard InChI is InChI=1S/C14H24N2O3S/c1-12(2)11-16(10-4-9-15-3)20(18,19)14-7-5-13(17)6-8-14/h5-8,12,15,17H,4,9-11H2,1-3H3. The summed E-state index contributed by atoms with van der Waals surface area (Å²) in [5, 5.41) is 12.3. The van der Waals surface area contributed by atoms with Crippen molar-refractivity contribution >= 4 is 10.0 Å². The lowest BCUT2D eigenvalue weighted by atomic mass is 10.2. The van der Waals surface area contributed by atoms with Gasteiger partial charge in [-0.1, -0.05) is 13.8 Å². The molecule has 0 heterocycles. The van der Waals surface area contributed by atoms with Gasteiger partial charge in [-0.15, -0.1) is 0 Å². The van der Waals surface area contributed by atoms with Crippen LogP contribution in [0.3, 0.4) is 0 Å². The molecular weight excluding hydrogens is 276 g/mol. The van der Waals surface area contributed by atoms with E-state index in [4.69, 9.17) is 0 Å². The first kappa shape index (κ1) is 16.9. The second-order valence-electron chi connectivity index (χ2n) is 5.21.